The Kier molecular flexibility index (Phi) is 6.22. The maximum Gasteiger partial charge on any atom is 0.236 e. The van der Waals surface area contributed by atoms with Crippen LogP contribution in [0.1, 0.15) is 56.7 Å². The summed E-state index contributed by atoms with van der Waals surface area (Å²) in [5.74, 6) is 1.05. The van der Waals surface area contributed by atoms with Crippen LogP contribution >= 0.6 is 11.3 Å². The second-order valence-corrected chi connectivity index (χ2v) is 8.70. The van der Waals surface area contributed by atoms with E-state index in [-0.39, 0.29) is 11.9 Å². The molecule has 0 aromatic carbocycles. The summed E-state index contributed by atoms with van der Waals surface area (Å²) in [5.41, 5.74) is 1.06. The van der Waals surface area contributed by atoms with Crippen molar-refractivity contribution < 1.29 is 4.79 Å². The fraction of sp³-hybridized carbons (Fsp3) is 0.571. The van der Waals surface area contributed by atoms with E-state index in [0.717, 1.165) is 48.9 Å². The van der Waals surface area contributed by atoms with E-state index < -0.39 is 0 Å². The number of carbonyl (C=O) groups excluding carboxylic acids is 1. The average molecular weight is 400 g/mol. The van der Waals surface area contributed by atoms with Crippen LogP contribution in [0.3, 0.4) is 0 Å². The first kappa shape index (κ1) is 19.3. The molecule has 1 aliphatic heterocycles. The fourth-order valence-electron chi connectivity index (χ4n) is 4.35. The molecule has 1 N–H and O–H groups in total. The molecule has 150 valence electrons. The summed E-state index contributed by atoms with van der Waals surface area (Å²) >= 11 is 1.60. The topological polar surface area (TPSA) is 61.4 Å². The number of aromatic nitrogens is 2. The SMILES string of the molecule is CN(C(=O)CN1CCCC1c1csc(Nc2ccccn2)n1)C1CCCCC1. The second kappa shape index (κ2) is 9.01. The van der Waals surface area contributed by atoms with Gasteiger partial charge in [-0.15, -0.1) is 11.3 Å². The molecule has 0 radical (unpaired) electrons. The Morgan fingerprint density at radius 1 is 1.25 bits per heavy atom. The maximum absolute atomic E-state index is 12.9. The molecule has 1 atom stereocenters. The van der Waals surface area contributed by atoms with Crippen molar-refractivity contribution >= 4 is 28.2 Å². The van der Waals surface area contributed by atoms with Gasteiger partial charge in [-0.05, 0) is 44.4 Å². The highest BCUT2D eigenvalue weighted by atomic mass is 32.1. The summed E-state index contributed by atoms with van der Waals surface area (Å²) in [6, 6.07) is 6.45. The first-order valence-electron chi connectivity index (χ1n) is 10.3. The van der Waals surface area contributed by atoms with Gasteiger partial charge in [0.15, 0.2) is 5.13 Å². The molecule has 7 heteroatoms. The highest BCUT2D eigenvalue weighted by molar-refractivity contribution is 7.13. The molecular weight excluding hydrogens is 370 g/mol. The first-order valence-corrected chi connectivity index (χ1v) is 11.2. The zero-order valence-electron chi connectivity index (χ0n) is 16.5. The van der Waals surface area contributed by atoms with Crippen LogP contribution in [0, 0.1) is 0 Å². The molecule has 0 spiro atoms. The monoisotopic (exact) mass is 399 g/mol. The third-order valence-corrected chi connectivity index (χ3v) is 6.76. The summed E-state index contributed by atoms with van der Waals surface area (Å²) in [4.78, 5) is 26.3. The number of nitrogens with one attached hydrogen (secondary N) is 1. The summed E-state index contributed by atoms with van der Waals surface area (Å²) in [5, 5.41) is 6.23. The molecule has 28 heavy (non-hydrogen) atoms. The van der Waals surface area contributed by atoms with E-state index in [0.29, 0.717) is 12.6 Å². The zero-order valence-corrected chi connectivity index (χ0v) is 17.3. The third kappa shape index (κ3) is 4.52. The molecule has 2 aromatic heterocycles. The lowest BCUT2D eigenvalue weighted by molar-refractivity contribution is -0.134. The predicted molar refractivity (Wildman–Crippen MR) is 113 cm³/mol. The predicted octanol–water partition coefficient (Wildman–Crippen LogP) is 4.21. The Hall–Kier alpha value is -1.99. The van der Waals surface area contributed by atoms with E-state index in [9.17, 15) is 4.79 Å². The number of nitrogens with zero attached hydrogens (tertiary/aromatic N) is 4. The van der Waals surface area contributed by atoms with Gasteiger partial charge < -0.3 is 10.2 Å². The Morgan fingerprint density at radius 3 is 2.89 bits per heavy atom. The van der Waals surface area contributed by atoms with Crippen LogP contribution in [0.15, 0.2) is 29.8 Å². The van der Waals surface area contributed by atoms with Crippen molar-refractivity contribution in [3.05, 3.63) is 35.5 Å². The van der Waals surface area contributed by atoms with Crippen molar-refractivity contribution in [2.24, 2.45) is 0 Å². The van der Waals surface area contributed by atoms with Gasteiger partial charge >= 0.3 is 0 Å². The molecule has 1 amide bonds. The quantitative estimate of drug-likeness (QED) is 0.788. The van der Waals surface area contributed by atoms with Crippen molar-refractivity contribution in [2.45, 2.75) is 57.0 Å². The molecule has 1 saturated carbocycles. The Bertz CT molecular complexity index is 774. The lowest BCUT2D eigenvalue weighted by atomic mass is 9.94. The van der Waals surface area contributed by atoms with Crippen molar-refractivity contribution in [3.8, 4) is 0 Å². The lowest BCUT2D eigenvalue weighted by Crippen LogP contribution is -2.44. The number of hydrogen-bond acceptors (Lipinski definition) is 6. The molecule has 1 aliphatic carbocycles. The third-order valence-electron chi connectivity index (χ3n) is 5.98. The van der Waals surface area contributed by atoms with Gasteiger partial charge in [-0.2, -0.15) is 0 Å². The van der Waals surface area contributed by atoms with Crippen LogP contribution in [-0.4, -0.2) is 51.9 Å². The Balaban J connectivity index is 1.37. The van der Waals surface area contributed by atoms with Crippen LogP contribution in [0.4, 0.5) is 10.9 Å². The molecule has 0 bridgehead atoms. The molecule has 2 fully saturated rings. The summed E-state index contributed by atoms with van der Waals surface area (Å²) < 4.78 is 0. The zero-order chi connectivity index (χ0) is 19.3. The summed E-state index contributed by atoms with van der Waals surface area (Å²) in [6.07, 6.45) is 10.1. The number of likely N-dealkylation sites (N-methyl/N-ethyl adjacent to an activating group) is 1. The highest BCUT2D eigenvalue weighted by Gasteiger charge is 2.31. The van der Waals surface area contributed by atoms with Gasteiger partial charge in [0, 0.05) is 24.7 Å². The molecule has 1 unspecified atom stereocenters. The highest BCUT2D eigenvalue weighted by Crippen LogP contribution is 2.34. The first-order chi connectivity index (χ1) is 13.7. The van der Waals surface area contributed by atoms with E-state index in [1.165, 1.54) is 19.3 Å². The normalized spacial score (nSPS) is 21.0. The smallest absolute Gasteiger partial charge is 0.236 e. The molecule has 6 nitrogen and oxygen atoms in total. The van der Waals surface area contributed by atoms with Crippen molar-refractivity contribution in [1.29, 1.82) is 0 Å². The molecule has 2 aromatic rings. The van der Waals surface area contributed by atoms with Gasteiger partial charge in [-0.1, -0.05) is 25.3 Å². The van der Waals surface area contributed by atoms with Crippen LogP contribution in [-0.2, 0) is 4.79 Å². The van der Waals surface area contributed by atoms with E-state index >= 15 is 0 Å². The molecule has 1 saturated heterocycles. The van der Waals surface area contributed by atoms with Crippen LogP contribution in [0.2, 0.25) is 0 Å². The number of carbonyl (C=O) groups is 1. The number of likely N-dealkylation sites (tertiary alicyclic amines) is 1. The van der Waals surface area contributed by atoms with E-state index in [4.69, 9.17) is 4.98 Å². The molecule has 3 heterocycles. The van der Waals surface area contributed by atoms with Crippen LogP contribution < -0.4 is 5.32 Å². The maximum atomic E-state index is 12.9. The standard InChI is InChI=1S/C21H29N5OS/c1-25(16-8-3-2-4-9-16)20(27)14-26-13-7-10-18(26)17-15-28-21(23-17)24-19-11-5-6-12-22-19/h5-6,11-12,15-16,18H,2-4,7-10,13-14H2,1H3,(H,22,23,24). The number of thiazole rings is 1. The number of amides is 1. The second-order valence-electron chi connectivity index (χ2n) is 7.84. The van der Waals surface area contributed by atoms with Crippen LogP contribution in [0.5, 0.6) is 0 Å². The minimum Gasteiger partial charge on any atom is -0.342 e. The number of anilines is 2. The van der Waals surface area contributed by atoms with Crippen molar-refractivity contribution in [2.75, 3.05) is 25.5 Å². The van der Waals surface area contributed by atoms with E-state index in [1.807, 2.05) is 30.1 Å². The van der Waals surface area contributed by atoms with Gasteiger partial charge in [0.05, 0.1) is 18.3 Å². The number of rotatable bonds is 6. The Labute approximate surface area is 171 Å². The van der Waals surface area contributed by atoms with Gasteiger partial charge in [-0.3, -0.25) is 9.69 Å². The average Bonchev–Trinajstić information content (AvgIpc) is 3.38. The number of pyridine rings is 1. The molecular formula is C21H29N5OS. The number of hydrogen-bond donors (Lipinski definition) is 1. The van der Waals surface area contributed by atoms with Gasteiger partial charge in [0.25, 0.3) is 0 Å². The van der Waals surface area contributed by atoms with Gasteiger partial charge in [0.1, 0.15) is 5.82 Å². The fourth-order valence-corrected chi connectivity index (χ4v) is 5.11. The molecule has 4 rings (SSSR count). The van der Waals surface area contributed by atoms with Crippen LogP contribution in [0.25, 0.3) is 0 Å². The van der Waals surface area contributed by atoms with Crippen molar-refractivity contribution in [3.63, 3.8) is 0 Å². The minimum absolute atomic E-state index is 0.235. The largest absolute Gasteiger partial charge is 0.342 e. The lowest BCUT2D eigenvalue weighted by Gasteiger charge is -2.33. The Morgan fingerprint density at radius 2 is 2.11 bits per heavy atom. The van der Waals surface area contributed by atoms with E-state index in [2.05, 4.69) is 20.6 Å². The van der Waals surface area contributed by atoms with Gasteiger partial charge in [0.2, 0.25) is 5.91 Å². The summed E-state index contributed by atoms with van der Waals surface area (Å²) in [6.45, 7) is 1.47. The minimum atomic E-state index is 0.235. The van der Waals surface area contributed by atoms with E-state index in [1.54, 1.807) is 17.5 Å². The summed E-state index contributed by atoms with van der Waals surface area (Å²) in [7, 11) is 1.99. The van der Waals surface area contributed by atoms with Gasteiger partial charge in [-0.25, -0.2) is 9.97 Å². The molecule has 2 aliphatic rings. The van der Waals surface area contributed by atoms with Crippen molar-refractivity contribution in [1.82, 2.24) is 19.8 Å².